The molecule has 0 aromatic rings. The van der Waals surface area contributed by atoms with Crippen LogP contribution in [0.15, 0.2) is 24.3 Å². The number of aliphatic hydroxyl groups is 1. The molecule has 110 valence electrons. The number of aldehydes is 1. The fourth-order valence-electron chi connectivity index (χ4n) is 1.87. The number of carbonyl (C=O) groups is 1. The standard InChI is InChI=1S/C17H30O2/c1-4-5-14-17(2,3)16(19)13-11-9-7-6-8-10-12-15-18/h7,9,11,13,15-16,19H,4-6,8,10,12,14H2,1-3H3/b9-7+,13-11+. The van der Waals surface area contributed by atoms with E-state index in [1.807, 2.05) is 18.2 Å². The Morgan fingerprint density at radius 3 is 2.42 bits per heavy atom. The normalized spacial score (nSPS) is 14.3. The van der Waals surface area contributed by atoms with Crippen LogP contribution in [0.1, 0.15) is 65.7 Å². The van der Waals surface area contributed by atoms with Crippen LogP contribution in [-0.2, 0) is 4.79 Å². The van der Waals surface area contributed by atoms with Crippen molar-refractivity contribution in [3.63, 3.8) is 0 Å². The van der Waals surface area contributed by atoms with Gasteiger partial charge < -0.3 is 9.90 Å². The highest BCUT2D eigenvalue weighted by Gasteiger charge is 2.24. The molecule has 0 aliphatic rings. The molecule has 0 amide bonds. The van der Waals surface area contributed by atoms with Crippen LogP contribution >= 0.6 is 0 Å². The minimum Gasteiger partial charge on any atom is -0.388 e. The highest BCUT2D eigenvalue weighted by molar-refractivity contribution is 5.48. The maximum absolute atomic E-state index is 10.1. The zero-order chi connectivity index (χ0) is 14.6. The van der Waals surface area contributed by atoms with E-state index in [1.165, 1.54) is 6.42 Å². The lowest BCUT2D eigenvalue weighted by Gasteiger charge is -2.28. The average Bonchev–Trinajstić information content (AvgIpc) is 2.39. The molecule has 19 heavy (non-hydrogen) atoms. The van der Waals surface area contributed by atoms with E-state index in [0.29, 0.717) is 6.42 Å². The quantitative estimate of drug-likeness (QED) is 0.341. The lowest BCUT2D eigenvalue weighted by molar-refractivity contribution is -0.107. The first-order valence-electron chi connectivity index (χ1n) is 7.49. The van der Waals surface area contributed by atoms with Crippen LogP contribution in [0.2, 0.25) is 0 Å². The fraction of sp³-hybridized carbons (Fsp3) is 0.706. The third-order valence-electron chi connectivity index (χ3n) is 3.46. The molecule has 0 aliphatic heterocycles. The van der Waals surface area contributed by atoms with E-state index in [1.54, 1.807) is 0 Å². The number of allylic oxidation sites excluding steroid dienone is 3. The van der Waals surface area contributed by atoms with Gasteiger partial charge in [0.05, 0.1) is 6.10 Å². The van der Waals surface area contributed by atoms with E-state index < -0.39 is 6.10 Å². The minimum atomic E-state index is -0.390. The van der Waals surface area contributed by atoms with E-state index in [-0.39, 0.29) is 5.41 Å². The SMILES string of the molecule is CCCCC(C)(C)C(O)/C=C/C=C/CCCCC=O. The second-order valence-corrected chi connectivity index (χ2v) is 5.80. The Morgan fingerprint density at radius 1 is 1.11 bits per heavy atom. The highest BCUT2D eigenvalue weighted by atomic mass is 16.3. The predicted molar refractivity (Wildman–Crippen MR) is 82.1 cm³/mol. The maximum atomic E-state index is 10.1. The second kappa shape index (κ2) is 11.0. The molecule has 0 radical (unpaired) electrons. The summed E-state index contributed by atoms with van der Waals surface area (Å²) in [5.74, 6) is 0. The molecule has 1 unspecified atom stereocenters. The maximum Gasteiger partial charge on any atom is 0.119 e. The molecule has 1 N–H and O–H groups in total. The number of unbranched alkanes of at least 4 members (excludes halogenated alkanes) is 4. The molecule has 0 saturated carbocycles. The van der Waals surface area contributed by atoms with Crippen LogP contribution in [-0.4, -0.2) is 17.5 Å². The Bertz CT molecular complexity index is 277. The van der Waals surface area contributed by atoms with Crippen molar-refractivity contribution in [2.75, 3.05) is 0 Å². The monoisotopic (exact) mass is 266 g/mol. The molecule has 0 heterocycles. The van der Waals surface area contributed by atoms with Crippen molar-refractivity contribution in [2.45, 2.75) is 71.8 Å². The first-order chi connectivity index (χ1) is 9.04. The van der Waals surface area contributed by atoms with Crippen molar-refractivity contribution < 1.29 is 9.90 Å². The van der Waals surface area contributed by atoms with Gasteiger partial charge in [0, 0.05) is 6.42 Å². The third-order valence-corrected chi connectivity index (χ3v) is 3.46. The average molecular weight is 266 g/mol. The molecule has 1 atom stereocenters. The van der Waals surface area contributed by atoms with Crippen LogP contribution < -0.4 is 0 Å². The van der Waals surface area contributed by atoms with Gasteiger partial charge in [0.1, 0.15) is 6.29 Å². The minimum absolute atomic E-state index is 0.0513. The van der Waals surface area contributed by atoms with Gasteiger partial charge in [-0.3, -0.25) is 0 Å². The summed E-state index contributed by atoms with van der Waals surface area (Å²) in [7, 11) is 0. The van der Waals surface area contributed by atoms with Gasteiger partial charge in [-0.05, 0) is 31.1 Å². The molecule has 0 saturated heterocycles. The molecule has 2 heteroatoms. The molecular weight excluding hydrogens is 236 g/mol. The Kier molecular flexibility index (Phi) is 10.5. The number of hydrogen-bond acceptors (Lipinski definition) is 2. The van der Waals surface area contributed by atoms with Crippen LogP contribution in [0, 0.1) is 5.41 Å². The summed E-state index contributed by atoms with van der Waals surface area (Å²) >= 11 is 0. The highest BCUT2D eigenvalue weighted by Crippen LogP contribution is 2.28. The molecule has 0 fully saturated rings. The van der Waals surface area contributed by atoms with Gasteiger partial charge in [0.2, 0.25) is 0 Å². The molecule has 0 aliphatic carbocycles. The van der Waals surface area contributed by atoms with Gasteiger partial charge in [-0.15, -0.1) is 0 Å². The summed E-state index contributed by atoms with van der Waals surface area (Å²) in [6.45, 7) is 6.40. The van der Waals surface area contributed by atoms with Crippen molar-refractivity contribution in [3.8, 4) is 0 Å². The van der Waals surface area contributed by atoms with Gasteiger partial charge in [-0.2, -0.15) is 0 Å². The molecule has 0 aromatic heterocycles. The first kappa shape index (κ1) is 18.1. The van der Waals surface area contributed by atoms with Gasteiger partial charge in [0.15, 0.2) is 0 Å². The Morgan fingerprint density at radius 2 is 1.79 bits per heavy atom. The third kappa shape index (κ3) is 9.66. The number of rotatable bonds is 11. The fourth-order valence-corrected chi connectivity index (χ4v) is 1.87. The second-order valence-electron chi connectivity index (χ2n) is 5.80. The Hall–Kier alpha value is -0.890. The summed E-state index contributed by atoms with van der Waals surface area (Å²) in [5, 5.41) is 10.1. The summed E-state index contributed by atoms with van der Waals surface area (Å²) in [4.78, 5) is 10.1. The largest absolute Gasteiger partial charge is 0.388 e. The predicted octanol–water partition coefficient (Wildman–Crippen LogP) is 4.44. The van der Waals surface area contributed by atoms with Crippen LogP contribution in [0.25, 0.3) is 0 Å². The molecule has 0 spiro atoms. The van der Waals surface area contributed by atoms with E-state index in [2.05, 4.69) is 26.8 Å². The first-order valence-corrected chi connectivity index (χ1v) is 7.49. The molecule has 0 bridgehead atoms. The van der Waals surface area contributed by atoms with Crippen molar-refractivity contribution in [2.24, 2.45) is 5.41 Å². The summed E-state index contributed by atoms with van der Waals surface area (Å²) < 4.78 is 0. The molecular formula is C17H30O2. The van der Waals surface area contributed by atoms with Gasteiger partial charge >= 0.3 is 0 Å². The summed E-state index contributed by atoms with van der Waals surface area (Å²) in [6, 6.07) is 0. The molecule has 0 aromatic carbocycles. The lowest BCUT2D eigenvalue weighted by atomic mass is 9.81. The smallest absolute Gasteiger partial charge is 0.119 e. The van der Waals surface area contributed by atoms with Crippen LogP contribution in [0.4, 0.5) is 0 Å². The Balaban J connectivity index is 3.90. The topological polar surface area (TPSA) is 37.3 Å². The number of carbonyl (C=O) groups excluding carboxylic acids is 1. The molecule has 0 rings (SSSR count). The summed E-state index contributed by atoms with van der Waals surface area (Å²) in [6.07, 6.45) is 15.5. The van der Waals surface area contributed by atoms with Crippen molar-refractivity contribution in [1.29, 1.82) is 0 Å². The Labute approximate surface area is 118 Å². The summed E-state index contributed by atoms with van der Waals surface area (Å²) in [5.41, 5.74) is -0.0513. The van der Waals surface area contributed by atoms with E-state index >= 15 is 0 Å². The van der Waals surface area contributed by atoms with E-state index in [4.69, 9.17) is 0 Å². The lowest BCUT2D eigenvalue weighted by Crippen LogP contribution is -2.27. The van der Waals surface area contributed by atoms with E-state index in [9.17, 15) is 9.90 Å². The van der Waals surface area contributed by atoms with Crippen molar-refractivity contribution in [3.05, 3.63) is 24.3 Å². The van der Waals surface area contributed by atoms with Crippen molar-refractivity contribution >= 4 is 6.29 Å². The van der Waals surface area contributed by atoms with Crippen molar-refractivity contribution in [1.82, 2.24) is 0 Å². The van der Waals surface area contributed by atoms with Gasteiger partial charge in [0.25, 0.3) is 0 Å². The zero-order valence-electron chi connectivity index (χ0n) is 12.8. The van der Waals surface area contributed by atoms with Gasteiger partial charge in [-0.1, -0.05) is 57.9 Å². The zero-order valence-corrected chi connectivity index (χ0v) is 12.8. The van der Waals surface area contributed by atoms with E-state index in [0.717, 1.165) is 38.4 Å². The number of hydrogen-bond donors (Lipinski definition) is 1. The van der Waals surface area contributed by atoms with Crippen LogP contribution in [0.5, 0.6) is 0 Å². The number of aliphatic hydroxyl groups excluding tert-OH is 1. The van der Waals surface area contributed by atoms with Crippen LogP contribution in [0.3, 0.4) is 0 Å². The molecule has 2 nitrogen and oxygen atoms in total. The van der Waals surface area contributed by atoms with Gasteiger partial charge in [-0.25, -0.2) is 0 Å².